The second-order valence-corrected chi connectivity index (χ2v) is 5.36. The molecule has 2 aromatic rings. The van der Waals surface area contributed by atoms with Crippen molar-refractivity contribution in [3.05, 3.63) is 42.4 Å². The first kappa shape index (κ1) is 15.3. The molecular weight excluding hydrogens is 296 g/mol. The second kappa shape index (κ2) is 6.64. The Morgan fingerprint density at radius 3 is 2.87 bits per heavy atom. The third-order valence-electron chi connectivity index (χ3n) is 4.04. The summed E-state index contributed by atoms with van der Waals surface area (Å²) in [5.74, 6) is 2.06. The molecule has 0 unspecified atom stereocenters. The molecule has 1 aliphatic rings. The normalized spacial score (nSPS) is 17.1. The maximum Gasteiger partial charge on any atom is 0.322 e. The van der Waals surface area contributed by atoms with Crippen LogP contribution in [0.3, 0.4) is 0 Å². The number of hydrogen-bond acceptors (Lipinski definition) is 4. The molecule has 1 aliphatic heterocycles. The van der Waals surface area contributed by atoms with Crippen LogP contribution in [0.1, 0.15) is 24.6 Å². The minimum atomic E-state index is -0.160. The summed E-state index contributed by atoms with van der Waals surface area (Å²) in [7, 11) is 3.15. The molecule has 23 heavy (non-hydrogen) atoms. The minimum Gasteiger partial charge on any atom is -0.497 e. The number of rotatable bonds is 4. The number of amides is 2. The van der Waals surface area contributed by atoms with Crippen LogP contribution in [0.25, 0.3) is 0 Å². The summed E-state index contributed by atoms with van der Waals surface area (Å²) in [4.78, 5) is 14.4. The number of nitrogens with zero attached hydrogens (tertiary/aromatic N) is 1. The summed E-state index contributed by atoms with van der Waals surface area (Å²) in [5.41, 5.74) is 0.614. The van der Waals surface area contributed by atoms with Gasteiger partial charge in [0.05, 0.1) is 32.2 Å². The molecular formula is C17H20N2O4. The molecule has 0 aliphatic carbocycles. The number of urea groups is 1. The zero-order valence-electron chi connectivity index (χ0n) is 13.2. The summed E-state index contributed by atoms with van der Waals surface area (Å²) in [6, 6.07) is 8.87. The molecule has 0 bridgehead atoms. The van der Waals surface area contributed by atoms with Crippen molar-refractivity contribution in [3.8, 4) is 11.5 Å². The van der Waals surface area contributed by atoms with Crippen LogP contribution >= 0.6 is 0 Å². The number of hydrogen-bond donors (Lipinski definition) is 1. The first-order valence-corrected chi connectivity index (χ1v) is 7.56. The van der Waals surface area contributed by atoms with Gasteiger partial charge in [0.1, 0.15) is 17.3 Å². The number of likely N-dealkylation sites (tertiary alicyclic amines) is 1. The Bertz CT molecular complexity index is 669. The monoisotopic (exact) mass is 316 g/mol. The summed E-state index contributed by atoms with van der Waals surface area (Å²) in [6.45, 7) is 0.704. The molecule has 1 fully saturated rings. The van der Waals surface area contributed by atoms with Crippen LogP contribution in [-0.4, -0.2) is 31.7 Å². The SMILES string of the molecule is COc1ccc(NC(=O)N2CCC[C@H]2c2ccco2)c(OC)c1. The van der Waals surface area contributed by atoms with Crippen molar-refractivity contribution < 1.29 is 18.7 Å². The van der Waals surface area contributed by atoms with Gasteiger partial charge in [-0.3, -0.25) is 0 Å². The van der Waals surface area contributed by atoms with Gasteiger partial charge in [-0.15, -0.1) is 0 Å². The number of carbonyl (C=O) groups is 1. The maximum absolute atomic E-state index is 12.6. The van der Waals surface area contributed by atoms with Crippen LogP contribution in [0.4, 0.5) is 10.5 Å². The summed E-state index contributed by atoms with van der Waals surface area (Å²) in [6.07, 6.45) is 3.50. The predicted molar refractivity (Wildman–Crippen MR) is 86.0 cm³/mol. The fourth-order valence-electron chi connectivity index (χ4n) is 2.88. The van der Waals surface area contributed by atoms with Gasteiger partial charge in [0, 0.05) is 12.6 Å². The molecule has 0 saturated carbocycles. The molecule has 1 aromatic heterocycles. The number of carbonyl (C=O) groups excluding carboxylic acids is 1. The van der Waals surface area contributed by atoms with Gasteiger partial charge < -0.3 is 24.1 Å². The van der Waals surface area contributed by atoms with Crippen molar-refractivity contribution in [1.29, 1.82) is 0 Å². The minimum absolute atomic E-state index is 0.0192. The molecule has 1 atom stereocenters. The number of benzene rings is 1. The fraction of sp³-hybridized carbons (Fsp3) is 0.353. The van der Waals surface area contributed by atoms with Crippen LogP contribution in [0.15, 0.2) is 41.0 Å². The molecule has 1 aromatic carbocycles. The van der Waals surface area contributed by atoms with Crippen LogP contribution in [-0.2, 0) is 0 Å². The lowest BCUT2D eigenvalue weighted by Crippen LogP contribution is -2.34. The van der Waals surface area contributed by atoms with Gasteiger partial charge in [0.2, 0.25) is 0 Å². The van der Waals surface area contributed by atoms with Gasteiger partial charge in [0.15, 0.2) is 0 Å². The highest BCUT2D eigenvalue weighted by Crippen LogP contribution is 2.34. The van der Waals surface area contributed by atoms with Crippen molar-refractivity contribution >= 4 is 11.7 Å². The van der Waals surface area contributed by atoms with E-state index in [4.69, 9.17) is 13.9 Å². The predicted octanol–water partition coefficient (Wildman–Crippen LogP) is 3.67. The highest BCUT2D eigenvalue weighted by Gasteiger charge is 2.32. The molecule has 1 saturated heterocycles. The maximum atomic E-state index is 12.6. The van der Waals surface area contributed by atoms with Crippen LogP contribution in [0, 0.1) is 0 Å². The Hall–Kier alpha value is -2.63. The number of methoxy groups -OCH3 is 2. The average molecular weight is 316 g/mol. The van der Waals surface area contributed by atoms with E-state index in [0.717, 1.165) is 18.6 Å². The molecule has 122 valence electrons. The van der Waals surface area contributed by atoms with E-state index in [1.807, 2.05) is 12.1 Å². The molecule has 6 heteroatoms. The summed E-state index contributed by atoms with van der Waals surface area (Å²) in [5, 5.41) is 2.91. The Balaban J connectivity index is 1.76. The van der Waals surface area contributed by atoms with Crippen molar-refractivity contribution in [3.63, 3.8) is 0 Å². The topological polar surface area (TPSA) is 63.9 Å². The Morgan fingerprint density at radius 1 is 1.30 bits per heavy atom. The highest BCUT2D eigenvalue weighted by molar-refractivity contribution is 5.91. The van der Waals surface area contributed by atoms with E-state index >= 15 is 0 Å². The Morgan fingerprint density at radius 2 is 2.17 bits per heavy atom. The number of furan rings is 1. The van der Waals surface area contributed by atoms with Crippen molar-refractivity contribution in [2.24, 2.45) is 0 Å². The van der Waals surface area contributed by atoms with Crippen LogP contribution in [0.2, 0.25) is 0 Å². The first-order chi connectivity index (χ1) is 11.2. The number of nitrogens with one attached hydrogen (secondary N) is 1. The zero-order valence-corrected chi connectivity index (χ0v) is 13.2. The lowest BCUT2D eigenvalue weighted by atomic mass is 10.2. The van der Waals surface area contributed by atoms with Crippen molar-refractivity contribution in [2.45, 2.75) is 18.9 Å². The standard InChI is InChI=1S/C17H20N2O4/c1-21-12-7-8-13(16(11-12)22-2)18-17(20)19-9-3-5-14(19)15-6-4-10-23-15/h4,6-8,10-11,14H,3,5,9H2,1-2H3,(H,18,20)/t14-/m0/s1. The zero-order chi connectivity index (χ0) is 16.2. The van der Waals surface area contributed by atoms with Crippen molar-refractivity contribution in [2.75, 3.05) is 26.1 Å². The molecule has 1 N–H and O–H groups in total. The summed E-state index contributed by atoms with van der Waals surface area (Å²) < 4.78 is 15.9. The largest absolute Gasteiger partial charge is 0.497 e. The number of ether oxygens (including phenoxy) is 2. The highest BCUT2D eigenvalue weighted by atomic mass is 16.5. The average Bonchev–Trinajstić information content (AvgIpc) is 3.25. The van der Waals surface area contributed by atoms with E-state index in [1.54, 1.807) is 43.6 Å². The Labute approximate surface area is 135 Å². The van der Waals surface area contributed by atoms with Gasteiger partial charge >= 0.3 is 6.03 Å². The number of anilines is 1. The van der Waals surface area contributed by atoms with Crippen molar-refractivity contribution in [1.82, 2.24) is 4.90 Å². The first-order valence-electron chi connectivity index (χ1n) is 7.56. The van der Waals surface area contributed by atoms with Crippen LogP contribution in [0.5, 0.6) is 11.5 Å². The quantitative estimate of drug-likeness (QED) is 0.935. The molecule has 3 rings (SSSR count). The van der Waals surface area contributed by atoms with Gasteiger partial charge in [-0.05, 0) is 37.1 Å². The molecule has 6 nitrogen and oxygen atoms in total. The molecule has 2 amide bonds. The van der Waals surface area contributed by atoms with E-state index in [0.29, 0.717) is 23.7 Å². The van der Waals surface area contributed by atoms with Gasteiger partial charge in [-0.2, -0.15) is 0 Å². The smallest absolute Gasteiger partial charge is 0.322 e. The van der Waals surface area contributed by atoms with E-state index in [-0.39, 0.29) is 12.1 Å². The van der Waals surface area contributed by atoms with E-state index < -0.39 is 0 Å². The van der Waals surface area contributed by atoms with Gasteiger partial charge in [-0.1, -0.05) is 0 Å². The van der Waals surface area contributed by atoms with Gasteiger partial charge in [0.25, 0.3) is 0 Å². The van der Waals surface area contributed by atoms with Gasteiger partial charge in [-0.25, -0.2) is 4.79 Å². The molecule has 0 radical (unpaired) electrons. The van der Waals surface area contributed by atoms with E-state index in [1.165, 1.54) is 0 Å². The molecule has 2 heterocycles. The third-order valence-corrected chi connectivity index (χ3v) is 4.04. The van der Waals surface area contributed by atoms with Crippen LogP contribution < -0.4 is 14.8 Å². The second-order valence-electron chi connectivity index (χ2n) is 5.36. The fourth-order valence-corrected chi connectivity index (χ4v) is 2.88. The lowest BCUT2D eigenvalue weighted by molar-refractivity contribution is 0.199. The molecule has 0 spiro atoms. The third kappa shape index (κ3) is 3.11. The summed E-state index contributed by atoms with van der Waals surface area (Å²) >= 11 is 0. The van der Waals surface area contributed by atoms with E-state index in [9.17, 15) is 4.79 Å². The Kier molecular flexibility index (Phi) is 4.41. The lowest BCUT2D eigenvalue weighted by Gasteiger charge is -2.24. The van der Waals surface area contributed by atoms with E-state index in [2.05, 4.69) is 5.32 Å².